The second kappa shape index (κ2) is 8.93. The summed E-state index contributed by atoms with van der Waals surface area (Å²) in [7, 11) is -5.79. The highest BCUT2D eigenvalue weighted by Gasteiger charge is 2.43. The molecule has 2 rings (SSSR count). The van der Waals surface area contributed by atoms with Gasteiger partial charge in [0.15, 0.2) is 0 Å². The molecular formula is C22H34N2O3SSi. The first-order valence-electron chi connectivity index (χ1n) is 10.3. The lowest BCUT2D eigenvalue weighted by Crippen LogP contribution is -2.43. The van der Waals surface area contributed by atoms with E-state index in [0.29, 0.717) is 23.0 Å². The smallest absolute Gasteiger partial charge is 0.331 e. The number of urea groups is 1. The van der Waals surface area contributed by atoms with Crippen LogP contribution in [0.25, 0.3) is 0 Å². The Morgan fingerprint density at radius 3 is 2.07 bits per heavy atom. The fourth-order valence-corrected chi connectivity index (χ4v) is 11.4. The summed E-state index contributed by atoms with van der Waals surface area (Å²) in [6.45, 7) is 15.7. The Morgan fingerprint density at radius 1 is 1.07 bits per heavy atom. The minimum absolute atomic E-state index is 0.133. The summed E-state index contributed by atoms with van der Waals surface area (Å²) < 4.78 is 27.1. The monoisotopic (exact) mass is 434 g/mol. The molecule has 1 saturated heterocycles. The first-order chi connectivity index (χ1) is 13.4. The van der Waals surface area contributed by atoms with Gasteiger partial charge in [0.1, 0.15) is 8.07 Å². The van der Waals surface area contributed by atoms with Crippen LogP contribution in [0.1, 0.15) is 53.5 Å². The van der Waals surface area contributed by atoms with Crippen molar-refractivity contribution < 1.29 is 13.2 Å². The first kappa shape index (κ1) is 23.5. The van der Waals surface area contributed by atoms with E-state index in [0.717, 1.165) is 9.87 Å². The number of carbonyl (C=O) groups excluding carboxylic acids is 1. The van der Waals surface area contributed by atoms with E-state index in [1.165, 1.54) is 0 Å². The highest BCUT2D eigenvalue weighted by Crippen LogP contribution is 2.40. The predicted molar refractivity (Wildman–Crippen MR) is 121 cm³/mol. The van der Waals surface area contributed by atoms with Crippen molar-refractivity contribution in [2.45, 2.75) is 82.4 Å². The summed E-state index contributed by atoms with van der Waals surface area (Å²) in [5.74, 6) is 3.31. The Kier molecular flexibility index (Phi) is 7.23. The van der Waals surface area contributed by atoms with Crippen LogP contribution in [-0.4, -0.2) is 39.4 Å². The van der Waals surface area contributed by atoms with E-state index in [4.69, 9.17) is 0 Å². The van der Waals surface area contributed by atoms with Crippen LogP contribution >= 0.6 is 0 Å². The Labute approximate surface area is 177 Å². The first-order valence-corrected chi connectivity index (χ1v) is 14.0. The van der Waals surface area contributed by atoms with Crippen LogP contribution < -0.4 is 5.32 Å². The van der Waals surface area contributed by atoms with Crippen LogP contribution in [0.3, 0.4) is 0 Å². The Balaban J connectivity index is 2.33. The normalized spacial score (nSPS) is 17.7. The molecule has 2 amide bonds. The summed E-state index contributed by atoms with van der Waals surface area (Å²) in [5, 5.41) is 2.67. The number of sulfonamides is 1. The third kappa shape index (κ3) is 4.54. The Bertz CT molecular complexity index is 874. The van der Waals surface area contributed by atoms with Crippen LogP contribution in [0.4, 0.5) is 4.79 Å². The zero-order valence-corrected chi connectivity index (χ0v) is 20.4. The van der Waals surface area contributed by atoms with Crippen molar-refractivity contribution in [1.82, 2.24) is 9.62 Å². The molecule has 1 heterocycles. The summed E-state index contributed by atoms with van der Waals surface area (Å²) in [6.07, 6.45) is 0.352. The van der Waals surface area contributed by atoms with Gasteiger partial charge in [-0.15, -0.1) is 11.5 Å². The number of nitrogens with zero attached hydrogens (tertiary/aromatic N) is 1. The number of nitrogens with one attached hydrogen (secondary N) is 1. The molecule has 1 unspecified atom stereocenters. The summed E-state index contributed by atoms with van der Waals surface area (Å²) in [5.41, 5.74) is 6.10. The van der Waals surface area contributed by atoms with Crippen molar-refractivity contribution in [3.8, 4) is 11.5 Å². The van der Waals surface area contributed by atoms with E-state index < -0.39 is 30.2 Å². The molecule has 1 aromatic carbocycles. The highest BCUT2D eigenvalue weighted by molar-refractivity contribution is 7.89. The molecule has 7 heteroatoms. The second-order valence-electron chi connectivity index (χ2n) is 8.86. The second-order valence-corrected chi connectivity index (χ2v) is 16.3. The molecule has 0 radical (unpaired) electrons. The molecule has 1 aromatic rings. The maximum atomic E-state index is 13.1. The summed E-state index contributed by atoms with van der Waals surface area (Å²) >= 11 is 0. The van der Waals surface area contributed by atoms with E-state index in [2.05, 4.69) is 58.3 Å². The summed E-state index contributed by atoms with van der Waals surface area (Å²) in [6, 6.07) is 5.52. The van der Waals surface area contributed by atoms with Crippen molar-refractivity contribution in [1.29, 1.82) is 0 Å². The number of benzene rings is 1. The average molecular weight is 435 g/mol. The number of amides is 2. The molecule has 1 N–H and O–H groups in total. The zero-order valence-electron chi connectivity index (χ0n) is 18.6. The number of aryl methyl sites for hydroxylation is 1. The zero-order chi connectivity index (χ0) is 22.0. The lowest BCUT2D eigenvalue weighted by Gasteiger charge is -2.38. The Morgan fingerprint density at radius 2 is 1.59 bits per heavy atom. The van der Waals surface area contributed by atoms with Gasteiger partial charge in [-0.25, -0.2) is 17.5 Å². The third-order valence-corrected chi connectivity index (χ3v) is 14.3. The molecule has 1 aliphatic rings. The van der Waals surface area contributed by atoms with Gasteiger partial charge in [-0.2, -0.15) is 0 Å². The molecule has 1 fully saturated rings. The van der Waals surface area contributed by atoms with Gasteiger partial charge in [0.25, 0.3) is 10.0 Å². The van der Waals surface area contributed by atoms with E-state index in [1.54, 1.807) is 24.3 Å². The van der Waals surface area contributed by atoms with Gasteiger partial charge < -0.3 is 5.32 Å². The number of hydrogen-bond donors (Lipinski definition) is 1. The van der Waals surface area contributed by atoms with E-state index in [1.807, 2.05) is 6.92 Å². The van der Waals surface area contributed by atoms with Crippen LogP contribution in [0.5, 0.6) is 0 Å². The fourth-order valence-electron chi connectivity index (χ4n) is 4.57. The average Bonchev–Trinajstić information content (AvgIpc) is 2.99. The number of hydrogen-bond acceptors (Lipinski definition) is 3. The molecule has 0 aromatic heterocycles. The van der Waals surface area contributed by atoms with Gasteiger partial charge in [-0.3, -0.25) is 0 Å². The van der Waals surface area contributed by atoms with Gasteiger partial charge in [0.2, 0.25) is 0 Å². The molecule has 29 heavy (non-hydrogen) atoms. The molecule has 0 saturated carbocycles. The van der Waals surface area contributed by atoms with Gasteiger partial charge in [0.05, 0.1) is 10.9 Å². The minimum atomic E-state index is -3.90. The van der Waals surface area contributed by atoms with Gasteiger partial charge >= 0.3 is 6.03 Å². The highest BCUT2D eigenvalue weighted by atomic mass is 32.2. The lowest BCUT2D eigenvalue weighted by atomic mass is 10.2. The molecule has 1 aliphatic heterocycles. The minimum Gasteiger partial charge on any atom is -0.335 e. The van der Waals surface area contributed by atoms with Crippen molar-refractivity contribution in [2.24, 2.45) is 0 Å². The van der Waals surface area contributed by atoms with Gasteiger partial charge in [-0.05, 0) is 35.7 Å². The van der Waals surface area contributed by atoms with Crippen molar-refractivity contribution >= 4 is 24.1 Å². The number of rotatable bonds is 6. The van der Waals surface area contributed by atoms with E-state index in [-0.39, 0.29) is 11.4 Å². The third-order valence-electron chi connectivity index (χ3n) is 6.11. The standard InChI is InChI=1S/C22H34N2O3SSi/c1-16(2)29(17(3)4,18(5)6)14-8-9-20-15-23-22(25)24(20)28(26,27)21-12-10-19(7)11-13-21/h10-13,16-18,20H,9,15H2,1-7H3,(H,23,25). The van der Waals surface area contributed by atoms with Crippen molar-refractivity contribution in [3.63, 3.8) is 0 Å². The molecule has 0 bridgehead atoms. The maximum absolute atomic E-state index is 13.1. The van der Waals surface area contributed by atoms with Gasteiger partial charge in [-0.1, -0.05) is 59.2 Å². The molecule has 0 spiro atoms. The molecule has 0 aliphatic carbocycles. The van der Waals surface area contributed by atoms with Crippen molar-refractivity contribution in [2.75, 3.05) is 6.54 Å². The predicted octanol–water partition coefficient (Wildman–Crippen LogP) is 4.69. The van der Waals surface area contributed by atoms with Gasteiger partial charge in [0, 0.05) is 13.0 Å². The van der Waals surface area contributed by atoms with E-state index in [9.17, 15) is 13.2 Å². The quantitative estimate of drug-likeness (QED) is 0.522. The molecular weight excluding hydrogens is 400 g/mol. The van der Waals surface area contributed by atoms with Crippen LogP contribution in [0.2, 0.25) is 16.6 Å². The van der Waals surface area contributed by atoms with Crippen LogP contribution in [-0.2, 0) is 10.0 Å². The number of carbonyl (C=O) groups is 1. The topological polar surface area (TPSA) is 66.5 Å². The molecule has 5 nitrogen and oxygen atoms in total. The molecule has 160 valence electrons. The lowest BCUT2D eigenvalue weighted by molar-refractivity contribution is 0.231. The van der Waals surface area contributed by atoms with Crippen LogP contribution in [0, 0.1) is 18.4 Å². The SMILES string of the molecule is Cc1ccc(S(=O)(=O)N2C(=O)NCC2CC#C[Si](C(C)C)(C(C)C)C(C)C)cc1. The maximum Gasteiger partial charge on any atom is 0.331 e. The molecule has 1 atom stereocenters. The van der Waals surface area contributed by atoms with Crippen molar-refractivity contribution in [3.05, 3.63) is 29.8 Å². The Hall–Kier alpha value is -1.78. The van der Waals surface area contributed by atoms with Crippen LogP contribution in [0.15, 0.2) is 29.2 Å². The van der Waals surface area contributed by atoms with E-state index >= 15 is 0 Å². The largest absolute Gasteiger partial charge is 0.335 e. The fraction of sp³-hybridized carbons (Fsp3) is 0.591. The summed E-state index contributed by atoms with van der Waals surface area (Å²) in [4.78, 5) is 12.5.